The molecule has 8 heteroatoms. The van der Waals surface area contributed by atoms with Crippen molar-refractivity contribution in [1.82, 2.24) is 9.97 Å². The summed E-state index contributed by atoms with van der Waals surface area (Å²) in [6, 6.07) is 21.4. The molecule has 0 radical (unpaired) electrons. The number of amides is 1. The molecule has 0 aliphatic carbocycles. The maximum Gasteiger partial charge on any atom is 0.238 e. The molecular formula is C25H20N4O2S2. The largest absolute Gasteiger partial charge is 0.497 e. The highest BCUT2D eigenvalue weighted by Crippen LogP contribution is 2.36. The highest BCUT2D eigenvalue weighted by atomic mass is 32.2. The molecule has 0 aliphatic rings. The molecule has 164 valence electrons. The smallest absolute Gasteiger partial charge is 0.238 e. The van der Waals surface area contributed by atoms with Crippen molar-refractivity contribution in [3.8, 4) is 34.2 Å². The Kier molecular flexibility index (Phi) is 7.03. The molecule has 2 heterocycles. The van der Waals surface area contributed by atoms with E-state index in [2.05, 4.69) is 21.4 Å². The Labute approximate surface area is 200 Å². The summed E-state index contributed by atoms with van der Waals surface area (Å²) in [5, 5.41) is 15.3. The Bertz CT molecular complexity index is 1300. The standard InChI is InChI=1S/C25H20N4O2S2/c1-16(33-23-12-22(27-15-28-23)18-6-4-3-5-7-18)24(30)29-25-20(13-26)21(14-32-25)17-8-10-19(31-2)11-9-17/h3-12,14-16H,1-2H3,(H,29,30). The molecule has 4 rings (SSSR count). The van der Waals surface area contributed by atoms with Gasteiger partial charge in [-0.15, -0.1) is 11.3 Å². The number of methoxy groups -OCH3 is 1. The zero-order valence-corrected chi connectivity index (χ0v) is 19.6. The van der Waals surface area contributed by atoms with Crippen LogP contribution in [0.15, 0.2) is 77.4 Å². The number of hydrogen-bond donors (Lipinski definition) is 1. The number of ether oxygens (including phenoxy) is 1. The van der Waals surface area contributed by atoms with Gasteiger partial charge in [-0.05, 0) is 30.7 Å². The first-order chi connectivity index (χ1) is 16.1. The summed E-state index contributed by atoms with van der Waals surface area (Å²) in [6.45, 7) is 1.81. The molecule has 0 spiro atoms. The van der Waals surface area contributed by atoms with E-state index in [0.717, 1.165) is 28.1 Å². The van der Waals surface area contributed by atoms with Gasteiger partial charge in [-0.2, -0.15) is 5.26 Å². The third-order valence-electron chi connectivity index (χ3n) is 4.92. The van der Waals surface area contributed by atoms with E-state index < -0.39 is 5.25 Å². The van der Waals surface area contributed by atoms with E-state index in [-0.39, 0.29) is 5.91 Å². The van der Waals surface area contributed by atoms with Crippen molar-refractivity contribution >= 4 is 34.0 Å². The van der Waals surface area contributed by atoms with E-state index in [1.807, 2.05) is 73.0 Å². The fourth-order valence-corrected chi connectivity index (χ4v) is 4.90. The number of nitrogens with zero attached hydrogens (tertiary/aromatic N) is 3. The number of nitrogens with one attached hydrogen (secondary N) is 1. The van der Waals surface area contributed by atoms with Gasteiger partial charge in [0.15, 0.2) is 0 Å². The molecule has 1 amide bonds. The minimum Gasteiger partial charge on any atom is -0.497 e. The first kappa shape index (κ1) is 22.5. The summed E-state index contributed by atoms with van der Waals surface area (Å²) in [5.41, 5.74) is 3.91. The average molecular weight is 473 g/mol. The molecule has 33 heavy (non-hydrogen) atoms. The minimum atomic E-state index is -0.415. The second kappa shape index (κ2) is 10.3. The van der Waals surface area contributed by atoms with Gasteiger partial charge in [-0.25, -0.2) is 9.97 Å². The van der Waals surface area contributed by atoms with Crippen molar-refractivity contribution in [2.75, 3.05) is 12.4 Å². The van der Waals surface area contributed by atoms with Crippen molar-refractivity contribution in [2.24, 2.45) is 0 Å². The predicted octanol–water partition coefficient (Wildman–Crippen LogP) is 5.87. The molecule has 0 bridgehead atoms. The lowest BCUT2D eigenvalue weighted by Gasteiger charge is -2.11. The van der Waals surface area contributed by atoms with E-state index in [9.17, 15) is 10.1 Å². The van der Waals surface area contributed by atoms with E-state index in [1.54, 1.807) is 7.11 Å². The summed E-state index contributed by atoms with van der Waals surface area (Å²) < 4.78 is 5.20. The van der Waals surface area contributed by atoms with Crippen molar-refractivity contribution in [3.05, 3.63) is 77.9 Å². The van der Waals surface area contributed by atoms with Gasteiger partial charge in [-0.3, -0.25) is 4.79 Å². The monoisotopic (exact) mass is 472 g/mol. The highest BCUT2D eigenvalue weighted by molar-refractivity contribution is 8.00. The van der Waals surface area contributed by atoms with E-state index in [4.69, 9.17) is 4.74 Å². The van der Waals surface area contributed by atoms with Gasteiger partial charge in [0, 0.05) is 16.5 Å². The quantitative estimate of drug-likeness (QED) is 0.267. The van der Waals surface area contributed by atoms with Gasteiger partial charge in [0.2, 0.25) is 5.91 Å². The highest BCUT2D eigenvalue weighted by Gasteiger charge is 2.20. The zero-order valence-electron chi connectivity index (χ0n) is 18.0. The maximum atomic E-state index is 12.9. The molecule has 0 saturated carbocycles. The Balaban J connectivity index is 1.47. The van der Waals surface area contributed by atoms with Gasteiger partial charge in [-0.1, -0.05) is 54.2 Å². The number of carbonyl (C=O) groups is 1. The fraction of sp³-hybridized carbons (Fsp3) is 0.120. The maximum absolute atomic E-state index is 12.9. The lowest BCUT2D eigenvalue weighted by Crippen LogP contribution is -2.22. The van der Waals surface area contributed by atoms with E-state index in [1.165, 1.54) is 29.4 Å². The number of nitriles is 1. The number of aromatic nitrogens is 2. The van der Waals surface area contributed by atoms with Crippen LogP contribution in [-0.2, 0) is 4.79 Å². The topological polar surface area (TPSA) is 87.9 Å². The number of benzene rings is 2. The van der Waals surface area contributed by atoms with Gasteiger partial charge in [0.05, 0.1) is 23.6 Å². The Hall–Kier alpha value is -3.67. The number of hydrogen-bond acceptors (Lipinski definition) is 7. The summed E-state index contributed by atoms with van der Waals surface area (Å²) in [5.74, 6) is 0.548. The van der Waals surface area contributed by atoms with Crippen molar-refractivity contribution in [2.45, 2.75) is 17.2 Å². The van der Waals surface area contributed by atoms with Crippen LogP contribution in [-0.4, -0.2) is 28.2 Å². The van der Waals surface area contributed by atoms with Gasteiger partial charge in [0.1, 0.15) is 28.2 Å². The average Bonchev–Trinajstić information content (AvgIpc) is 3.27. The first-order valence-electron chi connectivity index (χ1n) is 10.1. The molecular weight excluding hydrogens is 452 g/mol. The third kappa shape index (κ3) is 5.22. The second-order valence-electron chi connectivity index (χ2n) is 7.05. The van der Waals surface area contributed by atoms with Gasteiger partial charge >= 0.3 is 0 Å². The van der Waals surface area contributed by atoms with Gasteiger partial charge in [0.25, 0.3) is 0 Å². The molecule has 6 nitrogen and oxygen atoms in total. The Morgan fingerprint density at radius 2 is 1.88 bits per heavy atom. The van der Waals surface area contributed by atoms with Crippen molar-refractivity contribution in [3.63, 3.8) is 0 Å². The van der Waals surface area contributed by atoms with Crippen LogP contribution >= 0.6 is 23.1 Å². The van der Waals surface area contributed by atoms with Crippen LogP contribution < -0.4 is 10.1 Å². The SMILES string of the molecule is COc1ccc(-c2csc(NC(=O)C(C)Sc3cc(-c4ccccc4)ncn3)c2C#N)cc1. The van der Waals surface area contributed by atoms with Crippen LogP contribution in [0, 0.1) is 11.3 Å². The Morgan fingerprint density at radius 3 is 2.58 bits per heavy atom. The number of thioether (sulfide) groups is 1. The minimum absolute atomic E-state index is 0.195. The first-order valence-corrected chi connectivity index (χ1v) is 11.9. The molecule has 1 atom stereocenters. The van der Waals surface area contributed by atoms with Crippen LogP contribution in [0.1, 0.15) is 12.5 Å². The summed E-state index contributed by atoms with van der Waals surface area (Å²) in [6.07, 6.45) is 1.50. The molecule has 0 fully saturated rings. The van der Waals surface area contributed by atoms with Crippen LogP contribution in [0.3, 0.4) is 0 Å². The van der Waals surface area contributed by atoms with E-state index >= 15 is 0 Å². The zero-order chi connectivity index (χ0) is 23.2. The summed E-state index contributed by atoms with van der Waals surface area (Å²) >= 11 is 2.68. The van der Waals surface area contributed by atoms with Crippen LogP contribution in [0.5, 0.6) is 5.75 Å². The lowest BCUT2D eigenvalue weighted by atomic mass is 10.0. The Morgan fingerprint density at radius 1 is 1.12 bits per heavy atom. The molecule has 0 saturated heterocycles. The third-order valence-corrected chi connectivity index (χ3v) is 6.85. The van der Waals surface area contributed by atoms with E-state index in [0.29, 0.717) is 15.6 Å². The fourth-order valence-electron chi connectivity index (χ4n) is 3.16. The summed E-state index contributed by atoms with van der Waals surface area (Å²) in [4.78, 5) is 21.5. The number of thiophene rings is 1. The summed E-state index contributed by atoms with van der Waals surface area (Å²) in [7, 11) is 1.61. The molecule has 1 unspecified atom stereocenters. The molecule has 2 aromatic carbocycles. The normalized spacial score (nSPS) is 11.4. The second-order valence-corrected chi connectivity index (χ2v) is 9.29. The number of anilines is 1. The number of rotatable bonds is 7. The van der Waals surface area contributed by atoms with Gasteiger partial charge < -0.3 is 10.1 Å². The molecule has 4 aromatic rings. The molecule has 1 N–H and O–H groups in total. The molecule has 2 aromatic heterocycles. The van der Waals surface area contributed by atoms with Crippen molar-refractivity contribution in [1.29, 1.82) is 5.26 Å². The van der Waals surface area contributed by atoms with Crippen LogP contribution in [0.4, 0.5) is 5.00 Å². The molecule has 0 aliphatic heterocycles. The predicted molar refractivity (Wildman–Crippen MR) is 132 cm³/mol. The number of carbonyl (C=O) groups excluding carboxylic acids is 1. The van der Waals surface area contributed by atoms with Crippen molar-refractivity contribution < 1.29 is 9.53 Å². The van der Waals surface area contributed by atoms with Crippen LogP contribution in [0.2, 0.25) is 0 Å². The lowest BCUT2D eigenvalue weighted by molar-refractivity contribution is -0.115. The van der Waals surface area contributed by atoms with Crippen LogP contribution in [0.25, 0.3) is 22.4 Å².